The van der Waals surface area contributed by atoms with Gasteiger partial charge in [0, 0.05) is 18.8 Å². The summed E-state index contributed by atoms with van der Waals surface area (Å²) in [5.74, 6) is -0.00617. The molecule has 1 aromatic carbocycles. The van der Waals surface area contributed by atoms with Gasteiger partial charge in [-0.15, -0.1) is 0 Å². The molecule has 0 radical (unpaired) electrons. The lowest BCUT2D eigenvalue weighted by Gasteiger charge is -2.24. The van der Waals surface area contributed by atoms with E-state index in [-0.39, 0.29) is 12.0 Å². The van der Waals surface area contributed by atoms with Gasteiger partial charge >= 0.3 is 0 Å². The molecule has 104 valence electrons. The van der Waals surface area contributed by atoms with Crippen LogP contribution in [0.25, 0.3) is 0 Å². The van der Waals surface area contributed by atoms with E-state index in [1.54, 1.807) is 0 Å². The van der Waals surface area contributed by atoms with Crippen LogP contribution in [0.1, 0.15) is 11.7 Å². The number of morpholine rings is 1. The number of carbonyl (C=O) groups is 1. The maximum atomic E-state index is 11.6. The molecule has 5 nitrogen and oxygen atoms in total. The summed E-state index contributed by atoms with van der Waals surface area (Å²) in [7, 11) is 3.74. The van der Waals surface area contributed by atoms with Gasteiger partial charge in [0.15, 0.2) is 0 Å². The zero-order valence-corrected chi connectivity index (χ0v) is 11.5. The number of benzene rings is 1. The Bertz CT molecular complexity index is 411. The lowest BCUT2D eigenvalue weighted by atomic mass is 10.1. The van der Waals surface area contributed by atoms with Gasteiger partial charge in [-0.2, -0.15) is 0 Å². The van der Waals surface area contributed by atoms with Gasteiger partial charge in [-0.1, -0.05) is 12.1 Å². The molecule has 1 heterocycles. The number of likely N-dealkylation sites (N-methyl/N-ethyl adjacent to an activating group) is 1. The molecule has 0 bridgehead atoms. The summed E-state index contributed by atoms with van der Waals surface area (Å²) in [6.07, 6.45) is 0.111. The molecule has 1 aliphatic rings. The lowest BCUT2D eigenvalue weighted by molar-refractivity contribution is -0.116. The summed E-state index contributed by atoms with van der Waals surface area (Å²) in [5.41, 5.74) is 1.96. The van der Waals surface area contributed by atoms with Gasteiger partial charge in [0.25, 0.3) is 0 Å². The van der Waals surface area contributed by atoms with Gasteiger partial charge in [0.05, 0.1) is 19.3 Å². The largest absolute Gasteiger partial charge is 0.371 e. The Hall–Kier alpha value is -1.43. The highest BCUT2D eigenvalue weighted by molar-refractivity contribution is 5.92. The Balaban J connectivity index is 1.92. The van der Waals surface area contributed by atoms with Crippen LogP contribution >= 0.6 is 0 Å². The van der Waals surface area contributed by atoms with Crippen LogP contribution in [0.3, 0.4) is 0 Å². The van der Waals surface area contributed by atoms with Crippen molar-refractivity contribution in [2.75, 3.05) is 45.7 Å². The predicted octanol–water partition coefficient (Wildman–Crippen LogP) is 0.848. The molecular weight excluding hydrogens is 242 g/mol. The summed E-state index contributed by atoms with van der Waals surface area (Å²) in [6, 6.07) is 7.84. The van der Waals surface area contributed by atoms with Crippen LogP contribution in [-0.4, -0.2) is 51.1 Å². The van der Waals surface area contributed by atoms with Crippen molar-refractivity contribution in [3.8, 4) is 0 Å². The molecule has 1 atom stereocenters. The molecule has 0 aromatic heterocycles. The molecule has 1 aromatic rings. The standard InChI is InChI=1S/C14H21N3O2/c1-17(2)10-14(18)16-12-5-3-11(4-6-12)13-9-15-7-8-19-13/h3-6,13,15H,7-10H2,1-2H3,(H,16,18)/t13-/m1/s1. The summed E-state index contributed by atoms with van der Waals surface area (Å²) >= 11 is 0. The van der Waals surface area contributed by atoms with E-state index in [0.29, 0.717) is 6.54 Å². The Kier molecular flexibility index (Phi) is 4.90. The van der Waals surface area contributed by atoms with Crippen molar-refractivity contribution in [2.45, 2.75) is 6.10 Å². The maximum absolute atomic E-state index is 11.6. The summed E-state index contributed by atoms with van der Waals surface area (Å²) < 4.78 is 5.68. The fraction of sp³-hybridized carbons (Fsp3) is 0.500. The summed E-state index contributed by atoms with van der Waals surface area (Å²) in [4.78, 5) is 13.5. The number of hydrogen-bond acceptors (Lipinski definition) is 4. The average Bonchev–Trinajstić information content (AvgIpc) is 2.39. The smallest absolute Gasteiger partial charge is 0.238 e. The molecule has 0 saturated carbocycles. The third-order valence-electron chi connectivity index (χ3n) is 2.95. The van der Waals surface area contributed by atoms with Gasteiger partial charge in [-0.25, -0.2) is 0 Å². The molecule has 1 aliphatic heterocycles. The van der Waals surface area contributed by atoms with Gasteiger partial charge in [0.1, 0.15) is 0 Å². The van der Waals surface area contributed by atoms with Crippen LogP contribution in [-0.2, 0) is 9.53 Å². The van der Waals surface area contributed by atoms with E-state index in [2.05, 4.69) is 10.6 Å². The van der Waals surface area contributed by atoms with Crippen LogP contribution in [0.5, 0.6) is 0 Å². The molecule has 2 N–H and O–H groups in total. The molecule has 1 saturated heterocycles. The van der Waals surface area contributed by atoms with Crippen molar-refractivity contribution >= 4 is 11.6 Å². The highest BCUT2D eigenvalue weighted by Gasteiger charge is 2.15. The predicted molar refractivity (Wildman–Crippen MR) is 75.2 cm³/mol. The van der Waals surface area contributed by atoms with Gasteiger partial charge in [0.2, 0.25) is 5.91 Å². The molecule has 0 spiro atoms. The zero-order chi connectivity index (χ0) is 13.7. The molecule has 19 heavy (non-hydrogen) atoms. The quantitative estimate of drug-likeness (QED) is 0.845. The van der Waals surface area contributed by atoms with Crippen molar-refractivity contribution < 1.29 is 9.53 Å². The van der Waals surface area contributed by atoms with Crippen molar-refractivity contribution in [2.24, 2.45) is 0 Å². The van der Waals surface area contributed by atoms with Crippen LogP contribution in [0.4, 0.5) is 5.69 Å². The van der Waals surface area contributed by atoms with E-state index in [0.717, 1.165) is 30.9 Å². The van der Waals surface area contributed by atoms with Crippen LogP contribution < -0.4 is 10.6 Å². The number of amides is 1. The third-order valence-corrected chi connectivity index (χ3v) is 2.95. The first kappa shape index (κ1) is 14.0. The van der Waals surface area contributed by atoms with Crippen molar-refractivity contribution in [3.05, 3.63) is 29.8 Å². The van der Waals surface area contributed by atoms with Crippen molar-refractivity contribution in [1.82, 2.24) is 10.2 Å². The Morgan fingerprint density at radius 3 is 2.74 bits per heavy atom. The van der Waals surface area contributed by atoms with Crippen LogP contribution in [0.15, 0.2) is 24.3 Å². The Morgan fingerprint density at radius 1 is 1.42 bits per heavy atom. The molecule has 0 aliphatic carbocycles. The van der Waals surface area contributed by atoms with Gasteiger partial charge in [-0.05, 0) is 31.8 Å². The average molecular weight is 263 g/mol. The second kappa shape index (κ2) is 6.65. The minimum absolute atomic E-state index is 0.00617. The van der Waals surface area contributed by atoms with E-state index in [9.17, 15) is 4.79 Å². The first-order valence-corrected chi connectivity index (χ1v) is 6.52. The number of hydrogen-bond donors (Lipinski definition) is 2. The molecule has 2 rings (SSSR count). The number of nitrogens with zero attached hydrogens (tertiary/aromatic N) is 1. The number of rotatable bonds is 4. The molecule has 5 heteroatoms. The monoisotopic (exact) mass is 263 g/mol. The van der Waals surface area contributed by atoms with Gasteiger partial charge < -0.3 is 20.3 Å². The number of ether oxygens (including phenoxy) is 1. The highest BCUT2D eigenvalue weighted by Crippen LogP contribution is 2.20. The second-order valence-electron chi connectivity index (χ2n) is 4.97. The summed E-state index contributed by atoms with van der Waals surface area (Å²) in [5, 5.41) is 6.17. The van der Waals surface area contributed by atoms with E-state index in [1.807, 2.05) is 43.3 Å². The molecule has 1 fully saturated rings. The molecule has 0 unspecified atom stereocenters. The first-order valence-electron chi connectivity index (χ1n) is 6.52. The Morgan fingerprint density at radius 2 is 2.16 bits per heavy atom. The minimum atomic E-state index is -0.00617. The zero-order valence-electron chi connectivity index (χ0n) is 11.5. The van der Waals surface area contributed by atoms with Crippen molar-refractivity contribution in [1.29, 1.82) is 0 Å². The SMILES string of the molecule is CN(C)CC(=O)Nc1ccc([C@H]2CNCCO2)cc1. The van der Waals surface area contributed by atoms with Crippen LogP contribution in [0, 0.1) is 0 Å². The topological polar surface area (TPSA) is 53.6 Å². The highest BCUT2D eigenvalue weighted by atomic mass is 16.5. The minimum Gasteiger partial charge on any atom is -0.371 e. The maximum Gasteiger partial charge on any atom is 0.238 e. The van der Waals surface area contributed by atoms with E-state index in [1.165, 1.54) is 0 Å². The lowest BCUT2D eigenvalue weighted by Crippen LogP contribution is -2.33. The molecule has 1 amide bonds. The third kappa shape index (κ3) is 4.31. The Labute approximate surface area is 113 Å². The molecular formula is C14H21N3O2. The van der Waals surface area contributed by atoms with E-state index in [4.69, 9.17) is 4.74 Å². The first-order chi connectivity index (χ1) is 9.15. The van der Waals surface area contributed by atoms with Crippen molar-refractivity contribution in [3.63, 3.8) is 0 Å². The summed E-state index contributed by atoms with van der Waals surface area (Å²) in [6.45, 7) is 2.88. The van der Waals surface area contributed by atoms with Crippen LogP contribution in [0.2, 0.25) is 0 Å². The number of nitrogens with one attached hydrogen (secondary N) is 2. The fourth-order valence-corrected chi connectivity index (χ4v) is 2.05. The number of anilines is 1. The fourth-order valence-electron chi connectivity index (χ4n) is 2.05. The second-order valence-corrected chi connectivity index (χ2v) is 4.97. The normalized spacial score (nSPS) is 19.4. The van der Waals surface area contributed by atoms with E-state index >= 15 is 0 Å². The number of carbonyl (C=O) groups excluding carboxylic acids is 1. The van der Waals surface area contributed by atoms with E-state index < -0.39 is 0 Å². The van der Waals surface area contributed by atoms with Gasteiger partial charge in [-0.3, -0.25) is 4.79 Å².